The highest BCUT2D eigenvalue weighted by Gasteiger charge is 2.27. The molecule has 2 aromatic carbocycles. The number of ether oxygens (including phenoxy) is 1. The highest BCUT2D eigenvalue weighted by molar-refractivity contribution is 7.89. The van der Waals surface area contributed by atoms with Gasteiger partial charge < -0.3 is 15.4 Å². The topological polar surface area (TPSA) is 113 Å². The fraction of sp³-hybridized carbons (Fsp3) is 0.360. The number of nitrogens with zero attached hydrogens (tertiary/aromatic N) is 2. The molecule has 1 saturated heterocycles. The van der Waals surface area contributed by atoms with Crippen LogP contribution in [0.3, 0.4) is 0 Å². The Bertz CT molecular complexity index is 1300. The molecule has 9 nitrogen and oxygen atoms in total. The lowest BCUT2D eigenvalue weighted by Gasteiger charge is -2.17. The highest BCUT2D eigenvalue weighted by atomic mass is 32.2. The van der Waals surface area contributed by atoms with Crippen molar-refractivity contribution in [2.24, 2.45) is 0 Å². The Kier molecular flexibility index (Phi) is 7.97. The number of rotatable bonds is 9. The minimum atomic E-state index is -3.62. The minimum absolute atomic E-state index is 0.175. The fourth-order valence-electron chi connectivity index (χ4n) is 4.29. The predicted molar refractivity (Wildman–Crippen MR) is 136 cm³/mol. The first-order valence-electron chi connectivity index (χ1n) is 11.6. The van der Waals surface area contributed by atoms with Crippen molar-refractivity contribution in [3.05, 3.63) is 65.9 Å². The van der Waals surface area contributed by atoms with Gasteiger partial charge in [0.05, 0.1) is 22.7 Å². The van der Waals surface area contributed by atoms with Crippen molar-refractivity contribution in [2.75, 3.05) is 38.6 Å². The van der Waals surface area contributed by atoms with Crippen LogP contribution in [0.25, 0.3) is 10.9 Å². The molecule has 2 amide bonds. The number of sulfonamides is 1. The van der Waals surface area contributed by atoms with Crippen LogP contribution in [-0.2, 0) is 21.4 Å². The van der Waals surface area contributed by atoms with Crippen LogP contribution in [0.5, 0.6) is 0 Å². The predicted octanol–water partition coefficient (Wildman–Crippen LogP) is 2.86. The van der Waals surface area contributed by atoms with Gasteiger partial charge in [0.25, 0.3) is 0 Å². The molecule has 2 heterocycles. The van der Waals surface area contributed by atoms with Crippen LogP contribution in [0.2, 0.25) is 0 Å². The molecule has 0 bridgehead atoms. The summed E-state index contributed by atoms with van der Waals surface area (Å²) in [5.74, 6) is 0. The number of methoxy groups -OCH3 is 1. The molecule has 1 atom stereocenters. The number of amides is 2. The quantitative estimate of drug-likeness (QED) is 0.419. The van der Waals surface area contributed by atoms with E-state index in [1.54, 1.807) is 25.3 Å². The Balaban J connectivity index is 1.25. The number of aromatic nitrogens is 1. The molecule has 1 fully saturated rings. The number of aryl methyl sites for hydroxylation is 1. The lowest BCUT2D eigenvalue weighted by molar-refractivity contribution is 0.184. The van der Waals surface area contributed by atoms with Crippen LogP contribution in [0.1, 0.15) is 17.7 Å². The van der Waals surface area contributed by atoms with Gasteiger partial charge in [0.2, 0.25) is 10.0 Å². The summed E-state index contributed by atoms with van der Waals surface area (Å²) in [7, 11) is -2.04. The molecule has 1 unspecified atom stereocenters. The van der Waals surface area contributed by atoms with Crippen molar-refractivity contribution in [1.82, 2.24) is 19.9 Å². The highest BCUT2D eigenvalue weighted by Crippen LogP contribution is 2.22. The number of urea groups is 1. The molecule has 35 heavy (non-hydrogen) atoms. The van der Waals surface area contributed by atoms with E-state index < -0.39 is 10.0 Å². The molecule has 1 aromatic heterocycles. The van der Waals surface area contributed by atoms with Gasteiger partial charge in [-0.25, -0.2) is 17.9 Å². The SMILES string of the molecule is COCc1cccc(S(=O)(=O)NC2CCN(CCNC(=O)Nc3cc(C)nc4ccccc34)C2)c1. The van der Waals surface area contributed by atoms with Crippen molar-refractivity contribution in [3.8, 4) is 0 Å². The molecule has 186 valence electrons. The zero-order valence-corrected chi connectivity index (χ0v) is 20.8. The van der Waals surface area contributed by atoms with Gasteiger partial charge in [-0.05, 0) is 49.7 Å². The number of pyridine rings is 1. The van der Waals surface area contributed by atoms with E-state index in [1.165, 1.54) is 0 Å². The number of nitrogens with one attached hydrogen (secondary N) is 3. The molecular formula is C25H31N5O4S. The summed E-state index contributed by atoms with van der Waals surface area (Å²) in [5.41, 5.74) is 3.19. The molecule has 3 aromatic rings. The number of hydrogen-bond acceptors (Lipinski definition) is 6. The molecule has 0 radical (unpaired) electrons. The van der Waals surface area contributed by atoms with E-state index in [-0.39, 0.29) is 17.0 Å². The van der Waals surface area contributed by atoms with Crippen molar-refractivity contribution in [3.63, 3.8) is 0 Å². The Morgan fingerprint density at radius 3 is 2.83 bits per heavy atom. The van der Waals surface area contributed by atoms with Gasteiger partial charge in [0.15, 0.2) is 0 Å². The normalized spacial score (nSPS) is 16.5. The average Bonchev–Trinajstić information content (AvgIpc) is 3.25. The summed E-state index contributed by atoms with van der Waals surface area (Å²) in [6.45, 7) is 4.68. The molecule has 0 spiro atoms. The first-order valence-corrected chi connectivity index (χ1v) is 13.1. The Morgan fingerprint density at radius 1 is 1.17 bits per heavy atom. The van der Waals surface area contributed by atoms with Crippen molar-refractivity contribution < 1.29 is 17.9 Å². The van der Waals surface area contributed by atoms with E-state index in [1.807, 2.05) is 43.3 Å². The number of benzene rings is 2. The zero-order valence-electron chi connectivity index (χ0n) is 20.0. The van der Waals surface area contributed by atoms with Crippen LogP contribution in [0.15, 0.2) is 59.5 Å². The van der Waals surface area contributed by atoms with Gasteiger partial charge in [-0.15, -0.1) is 0 Å². The van der Waals surface area contributed by atoms with Gasteiger partial charge in [-0.2, -0.15) is 0 Å². The number of likely N-dealkylation sites (tertiary alicyclic amines) is 1. The first-order chi connectivity index (χ1) is 16.8. The number of carbonyl (C=O) groups is 1. The third kappa shape index (κ3) is 6.55. The standard InChI is InChI=1S/C25H31N5O4S/c1-18-14-24(22-8-3-4-9-23(22)27-18)28-25(31)26-11-13-30-12-10-20(16-30)29-35(32,33)21-7-5-6-19(15-21)17-34-2/h3-9,14-15,20,29H,10-13,16-17H2,1-2H3,(H2,26,27,28,31). The molecule has 4 rings (SSSR count). The van der Waals surface area contributed by atoms with Crippen LogP contribution < -0.4 is 15.4 Å². The first kappa shape index (κ1) is 25.1. The number of anilines is 1. The van der Waals surface area contributed by atoms with E-state index in [2.05, 4.69) is 25.2 Å². The maximum Gasteiger partial charge on any atom is 0.319 e. The third-order valence-corrected chi connectivity index (χ3v) is 7.44. The smallest absolute Gasteiger partial charge is 0.319 e. The second-order valence-electron chi connectivity index (χ2n) is 8.70. The average molecular weight is 498 g/mol. The van der Waals surface area contributed by atoms with Gasteiger partial charge in [-0.1, -0.05) is 30.3 Å². The van der Waals surface area contributed by atoms with Crippen LogP contribution in [0.4, 0.5) is 10.5 Å². The molecule has 1 aliphatic heterocycles. The maximum absolute atomic E-state index is 12.8. The summed E-state index contributed by atoms with van der Waals surface area (Å²) in [5, 5.41) is 6.69. The van der Waals surface area contributed by atoms with Crippen molar-refractivity contribution >= 4 is 32.6 Å². The van der Waals surface area contributed by atoms with E-state index in [0.717, 1.165) is 34.4 Å². The van der Waals surface area contributed by atoms with E-state index >= 15 is 0 Å². The van der Waals surface area contributed by atoms with Crippen LogP contribution in [-0.4, -0.2) is 63.7 Å². The minimum Gasteiger partial charge on any atom is -0.380 e. The lowest BCUT2D eigenvalue weighted by atomic mass is 10.1. The molecule has 1 aliphatic rings. The monoisotopic (exact) mass is 497 g/mol. The number of hydrogen-bond donors (Lipinski definition) is 3. The van der Waals surface area contributed by atoms with Gasteiger partial charge in [-0.3, -0.25) is 9.88 Å². The molecule has 10 heteroatoms. The van der Waals surface area contributed by atoms with Crippen LogP contribution >= 0.6 is 0 Å². The zero-order chi connectivity index (χ0) is 24.8. The molecule has 0 saturated carbocycles. The molecular weight excluding hydrogens is 466 g/mol. The third-order valence-electron chi connectivity index (χ3n) is 5.92. The Hall–Kier alpha value is -3.05. The molecule has 3 N–H and O–H groups in total. The fourth-order valence-corrected chi connectivity index (χ4v) is 5.63. The van der Waals surface area contributed by atoms with Crippen LogP contribution in [0, 0.1) is 6.92 Å². The summed E-state index contributed by atoms with van der Waals surface area (Å²) < 4.78 is 33.5. The van der Waals surface area contributed by atoms with E-state index in [9.17, 15) is 13.2 Å². The van der Waals surface area contributed by atoms with E-state index in [4.69, 9.17) is 4.74 Å². The second kappa shape index (κ2) is 11.1. The number of para-hydroxylation sites is 1. The Labute approximate surface area is 205 Å². The van der Waals surface area contributed by atoms with Crippen molar-refractivity contribution in [1.29, 1.82) is 0 Å². The second-order valence-corrected chi connectivity index (χ2v) is 10.4. The summed E-state index contributed by atoms with van der Waals surface area (Å²) in [6.07, 6.45) is 0.714. The van der Waals surface area contributed by atoms with Gasteiger partial charge >= 0.3 is 6.03 Å². The van der Waals surface area contributed by atoms with Crippen molar-refractivity contribution in [2.45, 2.75) is 30.9 Å². The van der Waals surface area contributed by atoms with Gasteiger partial charge in [0, 0.05) is 43.9 Å². The number of carbonyl (C=O) groups excluding carboxylic acids is 1. The summed E-state index contributed by atoms with van der Waals surface area (Å²) in [6, 6.07) is 15.8. The summed E-state index contributed by atoms with van der Waals surface area (Å²) >= 11 is 0. The largest absolute Gasteiger partial charge is 0.380 e. The molecule has 0 aliphatic carbocycles. The van der Waals surface area contributed by atoms with Gasteiger partial charge in [0.1, 0.15) is 0 Å². The summed E-state index contributed by atoms with van der Waals surface area (Å²) in [4.78, 5) is 19.3. The lowest BCUT2D eigenvalue weighted by Crippen LogP contribution is -2.39. The number of fused-ring (bicyclic) bond motifs is 1. The Morgan fingerprint density at radius 2 is 2.00 bits per heavy atom. The van der Waals surface area contributed by atoms with E-state index in [0.29, 0.717) is 32.7 Å². The maximum atomic E-state index is 12.8.